The Morgan fingerprint density at radius 1 is 1.42 bits per heavy atom. The largest absolute Gasteiger partial charge is 0.398 e. The number of hydrogen-bond acceptors (Lipinski definition) is 2. The Hall–Kier alpha value is -0.270. The van der Waals surface area contributed by atoms with Gasteiger partial charge in [0.2, 0.25) is 0 Å². The molecule has 0 saturated carbocycles. The van der Waals surface area contributed by atoms with E-state index in [2.05, 4.69) is 15.9 Å². The Kier molecular flexibility index (Phi) is 2.64. The molecule has 0 unspecified atom stereocenters. The predicted molar refractivity (Wildman–Crippen MR) is 57.6 cm³/mol. The van der Waals surface area contributed by atoms with Crippen molar-refractivity contribution in [2.75, 3.05) is 19.1 Å². The lowest BCUT2D eigenvalue weighted by molar-refractivity contribution is 0.588. The molecule has 0 saturated heterocycles. The molecule has 66 valence electrons. The van der Waals surface area contributed by atoms with Gasteiger partial charge in [0.15, 0.2) is 0 Å². The summed E-state index contributed by atoms with van der Waals surface area (Å²) in [4.78, 5) is 0. The van der Waals surface area contributed by atoms with Crippen LogP contribution >= 0.6 is 23.1 Å². The highest BCUT2D eigenvalue weighted by atomic mass is 79.9. The zero-order valence-electron chi connectivity index (χ0n) is 7.04. The molecule has 0 aliphatic carbocycles. The Morgan fingerprint density at radius 3 is 2.42 bits per heavy atom. The standard InChI is InChI=1S/C8H11BrNOP/c1-12(2,11)8-5-6(9)3-4-7(8)10/h3-5H,10H2,1-2H3. The van der Waals surface area contributed by atoms with Crippen LogP contribution in [0.2, 0.25) is 0 Å². The van der Waals surface area contributed by atoms with Crippen molar-refractivity contribution in [3.8, 4) is 0 Å². The summed E-state index contributed by atoms with van der Waals surface area (Å²) < 4.78 is 12.6. The lowest BCUT2D eigenvalue weighted by Crippen LogP contribution is -2.09. The minimum atomic E-state index is -2.24. The molecule has 1 aromatic rings. The monoisotopic (exact) mass is 247 g/mol. The molecule has 0 radical (unpaired) electrons. The molecule has 1 rings (SSSR count). The van der Waals surface area contributed by atoms with Gasteiger partial charge < -0.3 is 10.3 Å². The molecule has 2 nitrogen and oxygen atoms in total. The second kappa shape index (κ2) is 3.23. The fraction of sp³-hybridized carbons (Fsp3) is 0.250. The molecule has 0 aromatic heterocycles. The van der Waals surface area contributed by atoms with Crippen molar-refractivity contribution in [1.29, 1.82) is 0 Å². The van der Waals surface area contributed by atoms with Crippen LogP contribution in [0, 0.1) is 0 Å². The van der Waals surface area contributed by atoms with E-state index in [1.165, 1.54) is 0 Å². The van der Waals surface area contributed by atoms with Crippen LogP contribution in [0.4, 0.5) is 5.69 Å². The van der Waals surface area contributed by atoms with Gasteiger partial charge in [-0.15, -0.1) is 0 Å². The number of hydrogen-bond donors (Lipinski definition) is 1. The quantitative estimate of drug-likeness (QED) is 0.612. The second-order valence-corrected chi connectivity index (χ2v) is 7.15. The number of halogens is 1. The molecule has 12 heavy (non-hydrogen) atoms. The van der Waals surface area contributed by atoms with Crippen LogP contribution in [-0.2, 0) is 4.57 Å². The van der Waals surface area contributed by atoms with E-state index in [1.54, 1.807) is 19.4 Å². The summed E-state index contributed by atoms with van der Waals surface area (Å²) in [5.74, 6) is 0. The van der Waals surface area contributed by atoms with E-state index >= 15 is 0 Å². The Bertz CT molecular complexity index is 345. The molecule has 0 amide bonds. The molecule has 0 heterocycles. The van der Waals surface area contributed by atoms with Gasteiger partial charge >= 0.3 is 0 Å². The molecule has 0 fully saturated rings. The topological polar surface area (TPSA) is 43.1 Å². The van der Waals surface area contributed by atoms with Gasteiger partial charge in [-0.1, -0.05) is 15.9 Å². The van der Waals surface area contributed by atoms with Crippen LogP contribution in [0.15, 0.2) is 22.7 Å². The van der Waals surface area contributed by atoms with Gasteiger partial charge in [-0.3, -0.25) is 0 Å². The third-order valence-corrected chi connectivity index (χ3v) is 3.61. The maximum Gasteiger partial charge on any atom is 0.111 e. The highest BCUT2D eigenvalue weighted by molar-refractivity contribution is 9.10. The van der Waals surface area contributed by atoms with Crippen molar-refractivity contribution in [2.24, 2.45) is 0 Å². The van der Waals surface area contributed by atoms with Gasteiger partial charge in [0.05, 0.1) is 0 Å². The van der Waals surface area contributed by atoms with Gasteiger partial charge in [-0.2, -0.15) is 0 Å². The Labute approximate surface area is 80.7 Å². The first-order valence-corrected chi connectivity index (χ1v) is 6.91. The summed E-state index contributed by atoms with van der Waals surface area (Å²) in [6.45, 7) is 3.43. The fourth-order valence-corrected chi connectivity index (χ4v) is 2.67. The molecule has 2 N–H and O–H groups in total. The van der Waals surface area contributed by atoms with Crippen LogP contribution in [0.3, 0.4) is 0 Å². The summed E-state index contributed by atoms with van der Waals surface area (Å²) in [6, 6.07) is 5.42. The summed E-state index contributed by atoms with van der Waals surface area (Å²) >= 11 is 3.31. The average molecular weight is 248 g/mol. The maximum absolute atomic E-state index is 11.7. The van der Waals surface area contributed by atoms with Crippen LogP contribution < -0.4 is 11.0 Å². The molecule has 0 bridgehead atoms. The molecule has 0 aliphatic heterocycles. The molecule has 0 atom stereocenters. The first kappa shape index (κ1) is 9.82. The molecule has 0 spiro atoms. The first-order valence-electron chi connectivity index (χ1n) is 3.52. The second-order valence-electron chi connectivity index (χ2n) is 3.05. The molecular weight excluding hydrogens is 237 g/mol. The third kappa shape index (κ3) is 2.11. The SMILES string of the molecule is CP(C)(=O)c1cc(Br)ccc1N. The Balaban J connectivity index is 3.33. The van der Waals surface area contributed by atoms with Crippen LogP contribution in [0.5, 0.6) is 0 Å². The van der Waals surface area contributed by atoms with Crippen molar-refractivity contribution in [1.82, 2.24) is 0 Å². The molecule has 1 aromatic carbocycles. The summed E-state index contributed by atoms with van der Waals surface area (Å²) in [5.41, 5.74) is 6.29. The number of benzene rings is 1. The van der Waals surface area contributed by atoms with Gasteiger partial charge in [0.25, 0.3) is 0 Å². The molecule has 0 aliphatic rings. The smallest absolute Gasteiger partial charge is 0.111 e. The van der Waals surface area contributed by atoms with E-state index in [1.807, 2.05) is 12.1 Å². The van der Waals surface area contributed by atoms with Gasteiger partial charge in [0, 0.05) is 15.5 Å². The van der Waals surface area contributed by atoms with E-state index < -0.39 is 7.14 Å². The molecule has 4 heteroatoms. The van der Waals surface area contributed by atoms with E-state index in [0.717, 1.165) is 9.78 Å². The summed E-state index contributed by atoms with van der Waals surface area (Å²) in [7, 11) is -2.24. The zero-order chi connectivity index (χ0) is 9.35. The zero-order valence-corrected chi connectivity index (χ0v) is 9.52. The van der Waals surface area contributed by atoms with E-state index in [9.17, 15) is 4.57 Å². The summed E-state index contributed by atoms with van der Waals surface area (Å²) in [6.07, 6.45) is 0. The van der Waals surface area contributed by atoms with E-state index in [-0.39, 0.29) is 0 Å². The lowest BCUT2D eigenvalue weighted by atomic mass is 10.3. The van der Waals surface area contributed by atoms with Gasteiger partial charge in [-0.25, -0.2) is 0 Å². The average Bonchev–Trinajstić information content (AvgIpc) is 1.92. The van der Waals surface area contributed by atoms with Crippen molar-refractivity contribution in [3.05, 3.63) is 22.7 Å². The minimum absolute atomic E-state index is 0.603. The van der Waals surface area contributed by atoms with E-state index in [4.69, 9.17) is 5.73 Å². The lowest BCUT2D eigenvalue weighted by Gasteiger charge is -2.10. The van der Waals surface area contributed by atoms with Crippen LogP contribution in [-0.4, -0.2) is 13.3 Å². The third-order valence-electron chi connectivity index (χ3n) is 1.57. The predicted octanol–water partition coefficient (Wildman–Crippen LogP) is 2.28. The Morgan fingerprint density at radius 2 is 2.00 bits per heavy atom. The summed E-state index contributed by atoms with van der Waals surface area (Å²) in [5, 5.41) is 0.747. The minimum Gasteiger partial charge on any atom is -0.398 e. The normalized spacial score (nSPS) is 11.6. The van der Waals surface area contributed by atoms with Gasteiger partial charge in [0.1, 0.15) is 7.14 Å². The highest BCUT2D eigenvalue weighted by Crippen LogP contribution is 2.37. The number of rotatable bonds is 1. The number of anilines is 1. The first-order chi connectivity index (χ1) is 5.41. The highest BCUT2D eigenvalue weighted by Gasteiger charge is 2.14. The van der Waals surface area contributed by atoms with Crippen molar-refractivity contribution in [3.63, 3.8) is 0 Å². The number of nitrogen functional groups attached to an aromatic ring is 1. The van der Waals surface area contributed by atoms with Crippen LogP contribution in [0.1, 0.15) is 0 Å². The fourth-order valence-electron chi connectivity index (χ4n) is 0.983. The van der Waals surface area contributed by atoms with E-state index in [0.29, 0.717) is 5.69 Å². The van der Waals surface area contributed by atoms with Crippen molar-refractivity contribution < 1.29 is 4.57 Å². The maximum atomic E-state index is 11.7. The van der Waals surface area contributed by atoms with Crippen LogP contribution in [0.25, 0.3) is 0 Å². The van der Waals surface area contributed by atoms with Crippen molar-refractivity contribution in [2.45, 2.75) is 0 Å². The van der Waals surface area contributed by atoms with Crippen molar-refractivity contribution >= 4 is 34.1 Å². The molecular formula is C8H11BrNOP. The number of nitrogens with two attached hydrogens (primary N) is 1. The van der Waals surface area contributed by atoms with Gasteiger partial charge in [-0.05, 0) is 31.5 Å².